The predicted octanol–water partition coefficient (Wildman–Crippen LogP) is 2.36. The highest BCUT2D eigenvalue weighted by atomic mass is 16.4. The molecule has 0 aliphatic heterocycles. The van der Waals surface area contributed by atoms with E-state index in [-0.39, 0.29) is 12.3 Å². The zero-order valence-corrected chi connectivity index (χ0v) is 11.2. The molecule has 106 valence electrons. The van der Waals surface area contributed by atoms with E-state index in [4.69, 9.17) is 5.11 Å². The van der Waals surface area contributed by atoms with Gasteiger partial charge in [-0.25, -0.2) is 0 Å². The van der Waals surface area contributed by atoms with Gasteiger partial charge in [0.25, 0.3) is 0 Å². The molecule has 1 aromatic carbocycles. The van der Waals surface area contributed by atoms with Gasteiger partial charge < -0.3 is 10.4 Å². The van der Waals surface area contributed by atoms with Crippen LogP contribution in [0.2, 0.25) is 0 Å². The number of aliphatic carboxylic acids is 1. The van der Waals surface area contributed by atoms with Gasteiger partial charge in [0.05, 0.1) is 6.42 Å². The molecular formula is C16H14N2O3. The van der Waals surface area contributed by atoms with E-state index >= 15 is 0 Å². The second-order valence-electron chi connectivity index (χ2n) is 4.38. The van der Waals surface area contributed by atoms with Gasteiger partial charge in [-0.2, -0.15) is 0 Å². The first-order valence-electron chi connectivity index (χ1n) is 6.33. The minimum absolute atomic E-state index is 0.0326. The highest BCUT2D eigenvalue weighted by Crippen LogP contribution is 2.10. The summed E-state index contributed by atoms with van der Waals surface area (Å²) in [5.74, 6) is -1.14. The average Bonchev–Trinajstić information content (AvgIpc) is 2.48. The SMILES string of the molecule is O=C(O)Cc1ccc(NC(=O)/C=C/c2cccnc2)cc1. The van der Waals surface area contributed by atoms with E-state index in [1.165, 1.54) is 6.08 Å². The number of pyridine rings is 1. The molecule has 1 amide bonds. The molecule has 5 heteroatoms. The highest BCUT2D eigenvalue weighted by Gasteiger charge is 2.01. The number of carbonyl (C=O) groups is 2. The molecule has 0 atom stereocenters. The van der Waals surface area contributed by atoms with E-state index in [2.05, 4.69) is 10.3 Å². The van der Waals surface area contributed by atoms with Crippen LogP contribution in [0, 0.1) is 0 Å². The molecule has 0 radical (unpaired) electrons. The molecule has 0 saturated carbocycles. The first kappa shape index (κ1) is 14.5. The lowest BCUT2D eigenvalue weighted by atomic mass is 10.1. The summed E-state index contributed by atoms with van der Waals surface area (Å²) in [5, 5.41) is 11.4. The summed E-state index contributed by atoms with van der Waals surface area (Å²) < 4.78 is 0. The van der Waals surface area contributed by atoms with E-state index in [1.54, 1.807) is 48.8 Å². The van der Waals surface area contributed by atoms with E-state index in [0.29, 0.717) is 11.3 Å². The summed E-state index contributed by atoms with van der Waals surface area (Å²) in [6, 6.07) is 10.3. The maximum atomic E-state index is 11.7. The molecule has 0 fully saturated rings. The highest BCUT2D eigenvalue weighted by molar-refractivity contribution is 6.01. The summed E-state index contributed by atoms with van der Waals surface area (Å²) >= 11 is 0. The molecule has 0 aliphatic rings. The van der Waals surface area contributed by atoms with Crippen LogP contribution < -0.4 is 5.32 Å². The van der Waals surface area contributed by atoms with Gasteiger partial charge in [0.1, 0.15) is 0 Å². The molecule has 5 nitrogen and oxygen atoms in total. The van der Waals surface area contributed by atoms with Crippen LogP contribution in [0.4, 0.5) is 5.69 Å². The number of nitrogens with zero attached hydrogens (tertiary/aromatic N) is 1. The smallest absolute Gasteiger partial charge is 0.307 e. The van der Waals surface area contributed by atoms with Gasteiger partial charge in [-0.1, -0.05) is 18.2 Å². The third-order valence-corrected chi connectivity index (χ3v) is 2.69. The van der Waals surface area contributed by atoms with E-state index in [1.807, 2.05) is 6.07 Å². The van der Waals surface area contributed by atoms with Crippen LogP contribution in [0.25, 0.3) is 6.08 Å². The second kappa shape index (κ2) is 7.00. The fourth-order valence-corrected chi connectivity index (χ4v) is 1.71. The Labute approximate surface area is 122 Å². The Balaban J connectivity index is 1.93. The van der Waals surface area contributed by atoms with Crippen molar-refractivity contribution in [2.24, 2.45) is 0 Å². The van der Waals surface area contributed by atoms with E-state index in [9.17, 15) is 9.59 Å². The van der Waals surface area contributed by atoms with Crippen molar-refractivity contribution in [3.05, 3.63) is 66.0 Å². The summed E-state index contributed by atoms with van der Waals surface area (Å²) in [4.78, 5) is 26.3. The van der Waals surface area contributed by atoms with Crippen LogP contribution in [-0.2, 0) is 16.0 Å². The van der Waals surface area contributed by atoms with Gasteiger partial charge in [-0.15, -0.1) is 0 Å². The number of anilines is 1. The number of amides is 1. The van der Waals surface area contributed by atoms with Crippen molar-refractivity contribution < 1.29 is 14.7 Å². The third kappa shape index (κ3) is 4.91. The third-order valence-electron chi connectivity index (χ3n) is 2.69. The number of hydrogen-bond donors (Lipinski definition) is 2. The van der Waals surface area contributed by atoms with Crippen LogP contribution in [0.15, 0.2) is 54.9 Å². The quantitative estimate of drug-likeness (QED) is 0.825. The minimum Gasteiger partial charge on any atom is -0.481 e. The predicted molar refractivity (Wildman–Crippen MR) is 79.7 cm³/mol. The first-order chi connectivity index (χ1) is 10.1. The molecule has 2 aromatic rings. The summed E-state index contributed by atoms with van der Waals surface area (Å²) in [7, 11) is 0. The summed E-state index contributed by atoms with van der Waals surface area (Å²) in [6.45, 7) is 0. The molecule has 2 N–H and O–H groups in total. The molecule has 21 heavy (non-hydrogen) atoms. The molecule has 1 aromatic heterocycles. The summed E-state index contributed by atoms with van der Waals surface area (Å²) in [6.07, 6.45) is 6.37. The molecule has 2 rings (SSSR count). The van der Waals surface area contributed by atoms with Crippen molar-refractivity contribution in [3.8, 4) is 0 Å². The Morgan fingerprint density at radius 3 is 2.57 bits per heavy atom. The maximum Gasteiger partial charge on any atom is 0.307 e. The number of carboxylic acid groups (broad SMARTS) is 1. The monoisotopic (exact) mass is 282 g/mol. The number of hydrogen-bond acceptors (Lipinski definition) is 3. The number of carboxylic acids is 1. The lowest BCUT2D eigenvalue weighted by Gasteiger charge is -2.03. The standard InChI is InChI=1S/C16H14N2O3/c19-15(8-5-13-2-1-9-17-11-13)18-14-6-3-12(4-7-14)10-16(20)21/h1-9,11H,10H2,(H,18,19)(H,20,21)/b8-5+. The zero-order chi connectivity index (χ0) is 15.1. The van der Waals surface area contributed by atoms with Gasteiger partial charge in [-0.3, -0.25) is 14.6 Å². The number of nitrogens with one attached hydrogen (secondary N) is 1. The first-order valence-corrected chi connectivity index (χ1v) is 6.33. The number of benzene rings is 1. The maximum absolute atomic E-state index is 11.7. The van der Waals surface area contributed by atoms with Crippen molar-refractivity contribution in [1.29, 1.82) is 0 Å². The number of carbonyl (C=O) groups excluding carboxylic acids is 1. The largest absolute Gasteiger partial charge is 0.481 e. The normalized spacial score (nSPS) is 10.5. The molecule has 0 unspecified atom stereocenters. The molecule has 0 spiro atoms. The van der Waals surface area contributed by atoms with Crippen LogP contribution in [0.5, 0.6) is 0 Å². The molecule has 1 heterocycles. The molecule has 0 aliphatic carbocycles. The minimum atomic E-state index is -0.883. The van der Waals surface area contributed by atoms with Crippen molar-refractivity contribution >= 4 is 23.6 Å². The fraction of sp³-hybridized carbons (Fsp3) is 0.0625. The van der Waals surface area contributed by atoms with Gasteiger partial charge in [-0.05, 0) is 35.4 Å². The van der Waals surface area contributed by atoms with Crippen molar-refractivity contribution in [2.75, 3.05) is 5.32 Å². The lowest BCUT2D eigenvalue weighted by molar-refractivity contribution is -0.136. The Morgan fingerprint density at radius 1 is 1.19 bits per heavy atom. The van der Waals surface area contributed by atoms with Gasteiger partial charge in [0.2, 0.25) is 5.91 Å². The second-order valence-corrected chi connectivity index (χ2v) is 4.38. The topological polar surface area (TPSA) is 79.3 Å². The van der Waals surface area contributed by atoms with Crippen LogP contribution >= 0.6 is 0 Å². The zero-order valence-electron chi connectivity index (χ0n) is 11.2. The summed E-state index contributed by atoms with van der Waals surface area (Å²) in [5.41, 5.74) is 2.14. The Hall–Kier alpha value is -2.95. The Bertz CT molecular complexity index is 649. The van der Waals surface area contributed by atoms with Gasteiger partial charge in [0.15, 0.2) is 0 Å². The van der Waals surface area contributed by atoms with E-state index < -0.39 is 5.97 Å². The van der Waals surface area contributed by atoms with Crippen LogP contribution in [0.1, 0.15) is 11.1 Å². The van der Waals surface area contributed by atoms with Crippen molar-refractivity contribution in [3.63, 3.8) is 0 Å². The van der Waals surface area contributed by atoms with Crippen molar-refractivity contribution in [2.45, 2.75) is 6.42 Å². The fourth-order valence-electron chi connectivity index (χ4n) is 1.71. The van der Waals surface area contributed by atoms with Gasteiger partial charge >= 0.3 is 5.97 Å². The Morgan fingerprint density at radius 2 is 1.95 bits per heavy atom. The molecule has 0 saturated heterocycles. The van der Waals surface area contributed by atoms with Gasteiger partial charge in [0, 0.05) is 24.2 Å². The number of aromatic nitrogens is 1. The van der Waals surface area contributed by atoms with Crippen LogP contribution in [-0.4, -0.2) is 22.0 Å². The van der Waals surface area contributed by atoms with Crippen LogP contribution in [0.3, 0.4) is 0 Å². The lowest BCUT2D eigenvalue weighted by Crippen LogP contribution is -2.08. The average molecular weight is 282 g/mol. The van der Waals surface area contributed by atoms with Crippen molar-refractivity contribution in [1.82, 2.24) is 4.98 Å². The molecule has 0 bridgehead atoms. The molecular weight excluding hydrogens is 268 g/mol. The Kier molecular flexibility index (Phi) is 4.82. The van der Waals surface area contributed by atoms with E-state index in [0.717, 1.165) is 5.56 Å². The number of rotatable bonds is 5.